The number of primary amides is 1. The lowest BCUT2D eigenvalue weighted by Crippen LogP contribution is -2.58. The second-order valence-electron chi connectivity index (χ2n) is 6.22. The van der Waals surface area contributed by atoms with E-state index in [0.29, 0.717) is 18.1 Å². The van der Waals surface area contributed by atoms with Gasteiger partial charge in [-0.2, -0.15) is 0 Å². The predicted molar refractivity (Wildman–Crippen MR) is 75.7 cm³/mol. The van der Waals surface area contributed by atoms with Crippen molar-refractivity contribution in [3.63, 3.8) is 0 Å². The van der Waals surface area contributed by atoms with Crippen LogP contribution in [0.2, 0.25) is 0 Å². The standard InChI is InChI=1S/C15H28N2O2/c1-3-11(2)19-10-8-12-5-4-9-15(12,14(16)18)17-13-6-7-13/h11-13,17H,3-10H2,1-2H3,(H2,16,18). The number of carbonyl (C=O) groups is 1. The number of ether oxygens (including phenoxy) is 1. The van der Waals surface area contributed by atoms with E-state index in [1.54, 1.807) is 0 Å². The van der Waals surface area contributed by atoms with E-state index in [4.69, 9.17) is 10.5 Å². The van der Waals surface area contributed by atoms with Gasteiger partial charge in [-0.25, -0.2) is 0 Å². The minimum Gasteiger partial charge on any atom is -0.379 e. The predicted octanol–water partition coefficient (Wildman–Crippen LogP) is 1.97. The van der Waals surface area contributed by atoms with E-state index >= 15 is 0 Å². The van der Waals surface area contributed by atoms with Gasteiger partial charge in [-0.1, -0.05) is 13.3 Å². The molecular formula is C15H28N2O2. The molecule has 4 heteroatoms. The van der Waals surface area contributed by atoms with Gasteiger partial charge in [-0.05, 0) is 51.4 Å². The Bertz CT molecular complexity index is 317. The van der Waals surface area contributed by atoms with Gasteiger partial charge in [0.15, 0.2) is 0 Å². The average Bonchev–Trinajstić information content (AvgIpc) is 3.09. The first-order chi connectivity index (χ1) is 9.08. The maximum atomic E-state index is 12.0. The third-order valence-electron chi connectivity index (χ3n) is 4.74. The zero-order valence-electron chi connectivity index (χ0n) is 12.3. The Morgan fingerprint density at radius 1 is 1.47 bits per heavy atom. The number of nitrogens with one attached hydrogen (secondary N) is 1. The third kappa shape index (κ3) is 3.48. The highest BCUT2D eigenvalue weighted by molar-refractivity contribution is 5.85. The molecule has 2 fully saturated rings. The normalized spacial score (nSPS) is 32.4. The smallest absolute Gasteiger partial charge is 0.238 e. The summed E-state index contributed by atoms with van der Waals surface area (Å²) in [5.74, 6) is 0.181. The summed E-state index contributed by atoms with van der Waals surface area (Å²) in [6.45, 7) is 4.96. The molecule has 4 nitrogen and oxygen atoms in total. The summed E-state index contributed by atoms with van der Waals surface area (Å²) in [7, 11) is 0. The van der Waals surface area contributed by atoms with Crippen molar-refractivity contribution >= 4 is 5.91 Å². The Morgan fingerprint density at radius 3 is 2.79 bits per heavy atom. The van der Waals surface area contributed by atoms with Crippen LogP contribution < -0.4 is 11.1 Å². The van der Waals surface area contributed by atoms with Gasteiger partial charge >= 0.3 is 0 Å². The number of nitrogens with two attached hydrogens (primary N) is 1. The summed E-state index contributed by atoms with van der Waals surface area (Å²) in [5, 5.41) is 3.54. The van der Waals surface area contributed by atoms with Crippen LogP contribution in [0.1, 0.15) is 58.8 Å². The van der Waals surface area contributed by atoms with Crippen LogP contribution in [0, 0.1) is 5.92 Å². The van der Waals surface area contributed by atoms with Gasteiger partial charge in [0.25, 0.3) is 0 Å². The van der Waals surface area contributed by atoms with Crippen LogP contribution >= 0.6 is 0 Å². The molecule has 0 aromatic carbocycles. The number of hydrogen-bond donors (Lipinski definition) is 2. The monoisotopic (exact) mass is 268 g/mol. The van der Waals surface area contributed by atoms with Crippen molar-refractivity contribution in [3.8, 4) is 0 Å². The van der Waals surface area contributed by atoms with E-state index in [1.807, 2.05) is 0 Å². The minimum atomic E-state index is -0.458. The van der Waals surface area contributed by atoms with E-state index in [2.05, 4.69) is 19.2 Å². The molecule has 2 saturated carbocycles. The fourth-order valence-corrected chi connectivity index (χ4v) is 3.18. The van der Waals surface area contributed by atoms with Crippen LogP contribution in [-0.2, 0) is 9.53 Å². The second-order valence-corrected chi connectivity index (χ2v) is 6.22. The minimum absolute atomic E-state index is 0.162. The summed E-state index contributed by atoms with van der Waals surface area (Å²) < 4.78 is 5.77. The molecule has 3 unspecified atom stereocenters. The molecular weight excluding hydrogens is 240 g/mol. The van der Waals surface area contributed by atoms with E-state index < -0.39 is 5.54 Å². The molecule has 0 radical (unpaired) electrons. The van der Waals surface area contributed by atoms with Gasteiger partial charge in [-0.3, -0.25) is 4.79 Å². The zero-order valence-corrected chi connectivity index (χ0v) is 12.3. The van der Waals surface area contributed by atoms with Crippen LogP contribution in [0.25, 0.3) is 0 Å². The van der Waals surface area contributed by atoms with Crippen molar-refractivity contribution in [2.24, 2.45) is 11.7 Å². The van der Waals surface area contributed by atoms with Crippen molar-refractivity contribution in [3.05, 3.63) is 0 Å². The maximum absolute atomic E-state index is 12.0. The van der Waals surface area contributed by atoms with Gasteiger partial charge in [-0.15, -0.1) is 0 Å². The van der Waals surface area contributed by atoms with Crippen LogP contribution in [-0.4, -0.2) is 30.2 Å². The summed E-state index contributed by atoms with van der Waals surface area (Å²) in [4.78, 5) is 12.0. The lowest BCUT2D eigenvalue weighted by Gasteiger charge is -2.34. The highest BCUT2D eigenvalue weighted by Gasteiger charge is 2.49. The lowest BCUT2D eigenvalue weighted by atomic mass is 9.84. The van der Waals surface area contributed by atoms with Gasteiger partial charge in [0.2, 0.25) is 5.91 Å². The summed E-state index contributed by atoms with van der Waals surface area (Å²) in [6.07, 6.45) is 7.73. The largest absolute Gasteiger partial charge is 0.379 e. The van der Waals surface area contributed by atoms with Crippen molar-refractivity contribution in [2.75, 3.05) is 6.61 Å². The van der Waals surface area contributed by atoms with Crippen LogP contribution in [0.5, 0.6) is 0 Å². The van der Waals surface area contributed by atoms with E-state index in [9.17, 15) is 4.79 Å². The first-order valence-electron chi connectivity index (χ1n) is 7.77. The number of carbonyl (C=O) groups excluding carboxylic acids is 1. The molecule has 0 aromatic heterocycles. The number of amides is 1. The summed E-state index contributed by atoms with van der Waals surface area (Å²) in [5.41, 5.74) is 5.26. The van der Waals surface area contributed by atoms with Crippen LogP contribution in [0.3, 0.4) is 0 Å². The first kappa shape index (κ1) is 14.8. The molecule has 0 bridgehead atoms. The lowest BCUT2D eigenvalue weighted by molar-refractivity contribution is -0.126. The molecule has 19 heavy (non-hydrogen) atoms. The second kappa shape index (κ2) is 6.23. The third-order valence-corrected chi connectivity index (χ3v) is 4.74. The van der Waals surface area contributed by atoms with Crippen molar-refractivity contribution in [2.45, 2.75) is 76.5 Å². The summed E-state index contributed by atoms with van der Waals surface area (Å²) >= 11 is 0. The van der Waals surface area contributed by atoms with Crippen LogP contribution in [0.4, 0.5) is 0 Å². The van der Waals surface area contributed by atoms with E-state index in [1.165, 1.54) is 12.8 Å². The number of rotatable bonds is 8. The summed E-state index contributed by atoms with van der Waals surface area (Å²) in [6, 6.07) is 0.517. The molecule has 3 atom stereocenters. The van der Waals surface area contributed by atoms with E-state index in [0.717, 1.165) is 38.7 Å². The van der Waals surface area contributed by atoms with E-state index in [-0.39, 0.29) is 5.91 Å². The van der Waals surface area contributed by atoms with Gasteiger partial charge < -0.3 is 15.8 Å². The Labute approximate surface area is 116 Å². The van der Waals surface area contributed by atoms with Gasteiger partial charge in [0.1, 0.15) is 5.54 Å². The molecule has 2 rings (SSSR count). The zero-order chi connectivity index (χ0) is 13.9. The highest BCUT2D eigenvalue weighted by atomic mass is 16.5. The SMILES string of the molecule is CCC(C)OCCC1CCCC1(NC1CC1)C(N)=O. The molecule has 110 valence electrons. The maximum Gasteiger partial charge on any atom is 0.238 e. The fourth-order valence-electron chi connectivity index (χ4n) is 3.18. The van der Waals surface area contributed by atoms with Crippen molar-refractivity contribution in [1.29, 1.82) is 0 Å². The highest BCUT2D eigenvalue weighted by Crippen LogP contribution is 2.40. The van der Waals surface area contributed by atoms with Gasteiger partial charge in [0, 0.05) is 12.6 Å². The Kier molecular flexibility index (Phi) is 4.85. The quantitative estimate of drug-likeness (QED) is 0.707. The van der Waals surface area contributed by atoms with Gasteiger partial charge in [0.05, 0.1) is 6.10 Å². The molecule has 3 N–H and O–H groups in total. The first-order valence-corrected chi connectivity index (χ1v) is 7.77. The molecule has 2 aliphatic carbocycles. The molecule has 0 spiro atoms. The number of hydrogen-bond acceptors (Lipinski definition) is 3. The Hall–Kier alpha value is -0.610. The topological polar surface area (TPSA) is 64.3 Å². The van der Waals surface area contributed by atoms with Crippen molar-refractivity contribution < 1.29 is 9.53 Å². The fraction of sp³-hybridized carbons (Fsp3) is 0.933. The molecule has 1 amide bonds. The molecule has 0 heterocycles. The molecule has 0 aromatic rings. The Morgan fingerprint density at radius 2 is 2.21 bits per heavy atom. The molecule has 0 saturated heterocycles. The average molecular weight is 268 g/mol. The Balaban J connectivity index is 1.90. The molecule has 2 aliphatic rings. The van der Waals surface area contributed by atoms with Crippen molar-refractivity contribution in [1.82, 2.24) is 5.32 Å². The van der Waals surface area contributed by atoms with Crippen LogP contribution in [0.15, 0.2) is 0 Å². The molecule has 0 aliphatic heterocycles.